The average Bonchev–Trinajstić information content (AvgIpc) is 2.94. The van der Waals surface area contributed by atoms with Crippen molar-refractivity contribution in [1.82, 2.24) is 21.3 Å². The number of carbonyl (C=O) groups is 7. The zero-order valence-electron chi connectivity index (χ0n) is 25.9. The molecule has 0 aromatic heterocycles. The Morgan fingerprint density at radius 3 is 1.53 bits per heavy atom. The van der Waals surface area contributed by atoms with Crippen LogP contribution in [0.1, 0.15) is 65.4 Å². The Kier molecular flexibility index (Phi) is 16.2. The fraction of sp³-hybridized carbons (Fsp3) is 0.567. The van der Waals surface area contributed by atoms with Crippen molar-refractivity contribution in [2.45, 2.75) is 96.4 Å². The van der Waals surface area contributed by atoms with E-state index in [1.165, 1.54) is 0 Å². The molecule has 1 aromatic carbocycles. The fourth-order valence-corrected chi connectivity index (χ4v) is 4.33. The van der Waals surface area contributed by atoms with Crippen LogP contribution in [-0.4, -0.2) is 87.1 Å². The van der Waals surface area contributed by atoms with E-state index in [9.17, 15) is 43.8 Å². The first-order chi connectivity index (χ1) is 21.0. The van der Waals surface area contributed by atoms with Gasteiger partial charge in [0.2, 0.25) is 23.6 Å². The van der Waals surface area contributed by atoms with Gasteiger partial charge in [0.25, 0.3) is 0 Å². The molecule has 0 saturated carbocycles. The lowest BCUT2D eigenvalue weighted by molar-refractivity contribution is -0.144. The van der Waals surface area contributed by atoms with Crippen molar-refractivity contribution in [3.8, 4) is 0 Å². The molecule has 0 heterocycles. The Morgan fingerprint density at radius 1 is 0.667 bits per heavy atom. The van der Waals surface area contributed by atoms with Gasteiger partial charge >= 0.3 is 17.9 Å². The number of hydrogen-bond acceptors (Lipinski definition) is 8. The highest BCUT2D eigenvalue weighted by molar-refractivity contribution is 5.95. The molecular weight excluding hydrogens is 590 g/mol. The summed E-state index contributed by atoms with van der Waals surface area (Å²) in [6.45, 7) is 6.70. The van der Waals surface area contributed by atoms with E-state index in [0.717, 1.165) is 5.56 Å². The SMILES string of the molecule is CC(C)C[C@H](NC(=O)[C@@H](N)Cc1ccccc1)C(=O)N[C@@H](CCC(=O)O)C(=O)N[C@@H](CCC(=O)O)C(=O)N[C@H](C(=O)O)C(C)C. The van der Waals surface area contributed by atoms with Gasteiger partial charge in [-0.25, -0.2) is 4.79 Å². The van der Waals surface area contributed by atoms with E-state index in [4.69, 9.17) is 10.8 Å². The van der Waals surface area contributed by atoms with Gasteiger partial charge in [-0.05, 0) is 43.1 Å². The van der Waals surface area contributed by atoms with Gasteiger partial charge in [-0.1, -0.05) is 58.0 Å². The van der Waals surface area contributed by atoms with Gasteiger partial charge in [-0.15, -0.1) is 0 Å². The van der Waals surface area contributed by atoms with E-state index in [1.807, 2.05) is 6.07 Å². The summed E-state index contributed by atoms with van der Waals surface area (Å²) in [6.07, 6.45) is -1.58. The minimum atomic E-state index is -1.51. The molecule has 15 nitrogen and oxygen atoms in total. The zero-order valence-corrected chi connectivity index (χ0v) is 25.9. The van der Waals surface area contributed by atoms with E-state index in [2.05, 4.69) is 21.3 Å². The molecule has 15 heteroatoms. The predicted octanol–water partition coefficient (Wildman–Crippen LogP) is 0.0119. The molecule has 0 saturated heterocycles. The zero-order chi connectivity index (χ0) is 34.3. The normalized spacial score (nSPS) is 14.4. The van der Waals surface area contributed by atoms with Crippen LogP contribution in [0.25, 0.3) is 0 Å². The molecule has 250 valence electrons. The first kappa shape index (κ1) is 38.5. The summed E-state index contributed by atoms with van der Waals surface area (Å²) in [4.78, 5) is 86.6. The standard InChI is InChI=1S/C30H45N5O10/c1-16(2)14-22(34-26(40)19(31)15-18-8-6-5-7-9-18)29(43)33-20(10-12-23(36)37)27(41)32-21(11-13-24(38)39)28(42)35-25(17(3)4)30(44)45/h5-9,16-17,19-22,25H,10-15,31H2,1-4H3,(H,32,41)(H,33,43)(H,34,40)(H,35,42)(H,36,37)(H,38,39)(H,44,45)/t19-,20-,21-,22-,25-/m0/s1. The molecule has 9 N–H and O–H groups in total. The third-order valence-electron chi connectivity index (χ3n) is 6.77. The maximum absolute atomic E-state index is 13.4. The molecule has 0 aliphatic rings. The van der Waals surface area contributed by atoms with Crippen LogP contribution in [0, 0.1) is 11.8 Å². The number of nitrogens with two attached hydrogens (primary N) is 1. The minimum absolute atomic E-state index is 0.0927. The molecule has 0 fully saturated rings. The van der Waals surface area contributed by atoms with E-state index in [-0.39, 0.29) is 18.8 Å². The molecule has 0 aliphatic heterocycles. The van der Waals surface area contributed by atoms with Crippen molar-refractivity contribution in [3.63, 3.8) is 0 Å². The van der Waals surface area contributed by atoms with Crippen LogP contribution in [0.5, 0.6) is 0 Å². The number of benzene rings is 1. The Bertz CT molecular complexity index is 1190. The van der Waals surface area contributed by atoms with Crippen LogP contribution in [0.15, 0.2) is 30.3 Å². The largest absolute Gasteiger partial charge is 0.481 e. The lowest BCUT2D eigenvalue weighted by atomic mass is 10.0. The Hall–Kier alpha value is -4.53. The second-order valence-electron chi connectivity index (χ2n) is 11.5. The number of hydrogen-bond donors (Lipinski definition) is 8. The molecule has 0 spiro atoms. The number of amides is 4. The second-order valence-corrected chi connectivity index (χ2v) is 11.5. The molecule has 4 amide bonds. The summed E-state index contributed by atoms with van der Waals surface area (Å²) in [5, 5.41) is 37.4. The van der Waals surface area contributed by atoms with Crippen molar-refractivity contribution in [2.75, 3.05) is 0 Å². The maximum Gasteiger partial charge on any atom is 0.326 e. The average molecular weight is 636 g/mol. The summed E-state index contributed by atoms with van der Waals surface area (Å²) in [7, 11) is 0. The summed E-state index contributed by atoms with van der Waals surface area (Å²) in [5.74, 6) is -7.91. The number of rotatable bonds is 20. The van der Waals surface area contributed by atoms with Crippen molar-refractivity contribution < 1.29 is 48.9 Å². The molecule has 5 atom stereocenters. The highest BCUT2D eigenvalue weighted by atomic mass is 16.4. The van der Waals surface area contributed by atoms with Crippen LogP contribution in [0.3, 0.4) is 0 Å². The van der Waals surface area contributed by atoms with E-state index in [0.29, 0.717) is 0 Å². The van der Waals surface area contributed by atoms with E-state index >= 15 is 0 Å². The lowest BCUT2D eigenvalue weighted by Crippen LogP contribution is -2.59. The van der Waals surface area contributed by atoms with E-state index in [1.54, 1.807) is 52.0 Å². The van der Waals surface area contributed by atoms with Crippen LogP contribution in [0.4, 0.5) is 0 Å². The van der Waals surface area contributed by atoms with Gasteiger partial charge in [-0.3, -0.25) is 28.8 Å². The quantitative estimate of drug-likeness (QED) is 0.0947. The summed E-state index contributed by atoms with van der Waals surface area (Å²) >= 11 is 0. The van der Waals surface area contributed by atoms with Gasteiger partial charge in [0.15, 0.2) is 0 Å². The predicted molar refractivity (Wildman–Crippen MR) is 162 cm³/mol. The topological polar surface area (TPSA) is 254 Å². The fourth-order valence-electron chi connectivity index (χ4n) is 4.33. The van der Waals surface area contributed by atoms with Crippen LogP contribution < -0.4 is 27.0 Å². The second kappa shape index (κ2) is 19.0. The van der Waals surface area contributed by atoms with Gasteiger partial charge in [0.1, 0.15) is 24.2 Å². The Balaban J connectivity index is 3.16. The molecule has 1 rings (SSSR count). The monoisotopic (exact) mass is 635 g/mol. The van der Waals surface area contributed by atoms with Crippen molar-refractivity contribution in [1.29, 1.82) is 0 Å². The lowest BCUT2D eigenvalue weighted by Gasteiger charge is -2.27. The van der Waals surface area contributed by atoms with Crippen molar-refractivity contribution in [3.05, 3.63) is 35.9 Å². The van der Waals surface area contributed by atoms with Gasteiger partial charge < -0.3 is 42.3 Å². The molecule has 0 unspecified atom stereocenters. The van der Waals surface area contributed by atoms with Crippen LogP contribution in [0.2, 0.25) is 0 Å². The number of nitrogens with one attached hydrogen (secondary N) is 4. The highest BCUT2D eigenvalue weighted by Crippen LogP contribution is 2.10. The first-order valence-corrected chi connectivity index (χ1v) is 14.7. The summed E-state index contributed by atoms with van der Waals surface area (Å²) in [6, 6.07) is 2.51. The number of carboxylic acid groups (broad SMARTS) is 3. The Labute approximate surface area is 261 Å². The summed E-state index contributed by atoms with van der Waals surface area (Å²) < 4.78 is 0. The maximum atomic E-state index is 13.4. The molecule has 0 bridgehead atoms. The molecule has 0 radical (unpaired) electrons. The van der Waals surface area contributed by atoms with E-state index < -0.39 is 103 Å². The number of carboxylic acids is 3. The molecule has 1 aromatic rings. The van der Waals surface area contributed by atoms with Gasteiger partial charge in [-0.2, -0.15) is 0 Å². The van der Waals surface area contributed by atoms with Crippen molar-refractivity contribution >= 4 is 41.5 Å². The number of carbonyl (C=O) groups excluding carboxylic acids is 4. The molecule has 45 heavy (non-hydrogen) atoms. The minimum Gasteiger partial charge on any atom is -0.481 e. The Morgan fingerprint density at radius 2 is 1.11 bits per heavy atom. The van der Waals surface area contributed by atoms with Gasteiger partial charge in [0, 0.05) is 12.8 Å². The third kappa shape index (κ3) is 14.7. The number of aliphatic carboxylic acids is 3. The molecule has 0 aliphatic carbocycles. The highest BCUT2D eigenvalue weighted by Gasteiger charge is 2.33. The first-order valence-electron chi connectivity index (χ1n) is 14.7. The summed E-state index contributed by atoms with van der Waals surface area (Å²) in [5.41, 5.74) is 6.88. The third-order valence-corrected chi connectivity index (χ3v) is 6.77. The van der Waals surface area contributed by atoms with Crippen LogP contribution in [-0.2, 0) is 40.0 Å². The smallest absolute Gasteiger partial charge is 0.326 e. The molecular formula is C30H45N5O10. The van der Waals surface area contributed by atoms with Crippen molar-refractivity contribution in [2.24, 2.45) is 17.6 Å². The van der Waals surface area contributed by atoms with Crippen LogP contribution >= 0.6 is 0 Å². The van der Waals surface area contributed by atoms with Gasteiger partial charge in [0.05, 0.1) is 6.04 Å².